The van der Waals surface area contributed by atoms with Gasteiger partial charge in [-0.05, 0) is 62.1 Å². The zero-order chi connectivity index (χ0) is 18.5. The standard InChI is InChI=1S/C21H26N4O2/c26-21(23-15-19-4-3-13-27-19)16-5-10-20(22-14-16)24-17-6-8-18(9-7-17)25-11-1-2-12-25/h5-10,14,19H,1-4,11-13,15H2,(H,22,24)(H,23,26). The van der Waals surface area contributed by atoms with Crippen molar-refractivity contribution in [1.29, 1.82) is 0 Å². The summed E-state index contributed by atoms with van der Waals surface area (Å²) in [5.74, 6) is 0.610. The van der Waals surface area contributed by atoms with Crippen LogP contribution in [0.4, 0.5) is 17.2 Å². The highest BCUT2D eigenvalue weighted by molar-refractivity contribution is 5.94. The molecule has 6 nitrogen and oxygen atoms in total. The Hall–Kier alpha value is -2.60. The smallest absolute Gasteiger partial charge is 0.252 e. The van der Waals surface area contributed by atoms with Gasteiger partial charge in [0.05, 0.1) is 11.7 Å². The van der Waals surface area contributed by atoms with Crippen molar-refractivity contribution in [2.45, 2.75) is 31.8 Å². The van der Waals surface area contributed by atoms with Crippen molar-refractivity contribution >= 4 is 23.1 Å². The van der Waals surface area contributed by atoms with Crippen LogP contribution in [0.1, 0.15) is 36.0 Å². The van der Waals surface area contributed by atoms with Crippen LogP contribution >= 0.6 is 0 Å². The number of pyridine rings is 1. The number of carbonyl (C=O) groups excluding carboxylic acids is 1. The van der Waals surface area contributed by atoms with Crippen LogP contribution in [0.15, 0.2) is 42.6 Å². The van der Waals surface area contributed by atoms with E-state index in [0.29, 0.717) is 12.1 Å². The van der Waals surface area contributed by atoms with Gasteiger partial charge in [-0.25, -0.2) is 4.98 Å². The molecular formula is C21H26N4O2. The van der Waals surface area contributed by atoms with Gasteiger partial charge >= 0.3 is 0 Å². The number of anilines is 3. The van der Waals surface area contributed by atoms with Crippen LogP contribution < -0.4 is 15.5 Å². The SMILES string of the molecule is O=C(NCC1CCCO1)c1ccc(Nc2ccc(N3CCCC3)cc2)nc1. The molecule has 1 atom stereocenters. The third-order valence-corrected chi connectivity index (χ3v) is 5.15. The van der Waals surface area contributed by atoms with E-state index in [4.69, 9.17) is 4.74 Å². The van der Waals surface area contributed by atoms with Crippen molar-refractivity contribution in [3.8, 4) is 0 Å². The highest BCUT2D eigenvalue weighted by Gasteiger charge is 2.17. The van der Waals surface area contributed by atoms with Gasteiger partial charge in [0.25, 0.3) is 5.91 Å². The molecule has 0 spiro atoms. The molecule has 1 aromatic heterocycles. The number of nitrogens with one attached hydrogen (secondary N) is 2. The van der Waals surface area contributed by atoms with E-state index in [1.807, 2.05) is 6.07 Å². The Kier molecular flexibility index (Phi) is 5.53. The van der Waals surface area contributed by atoms with Gasteiger partial charge in [-0.3, -0.25) is 4.79 Å². The van der Waals surface area contributed by atoms with E-state index < -0.39 is 0 Å². The molecule has 2 fully saturated rings. The lowest BCUT2D eigenvalue weighted by molar-refractivity contribution is 0.0857. The number of rotatable bonds is 6. The first kappa shape index (κ1) is 17.8. The number of hydrogen-bond acceptors (Lipinski definition) is 5. The molecule has 4 rings (SSSR count). The van der Waals surface area contributed by atoms with Gasteiger partial charge in [0.1, 0.15) is 5.82 Å². The molecule has 3 heterocycles. The topological polar surface area (TPSA) is 66.5 Å². The summed E-state index contributed by atoms with van der Waals surface area (Å²) >= 11 is 0. The van der Waals surface area contributed by atoms with Gasteiger partial charge in [0, 0.05) is 43.8 Å². The van der Waals surface area contributed by atoms with E-state index in [0.717, 1.165) is 44.0 Å². The molecule has 27 heavy (non-hydrogen) atoms. The average Bonchev–Trinajstić information content (AvgIpc) is 3.41. The van der Waals surface area contributed by atoms with Gasteiger partial charge in [-0.2, -0.15) is 0 Å². The Bertz CT molecular complexity index is 749. The molecule has 1 aromatic carbocycles. The number of aromatic nitrogens is 1. The van der Waals surface area contributed by atoms with Crippen molar-refractivity contribution in [3.63, 3.8) is 0 Å². The lowest BCUT2D eigenvalue weighted by Crippen LogP contribution is -2.31. The number of ether oxygens (including phenoxy) is 1. The molecule has 0 radical (unpaired) electrons. The van der Waals surface area contributed by atoms with Crippen LogP contribution in [0.5, 0.6) is 0 Å². The van der Waals surface area contributed by atoms with E-state index in [1.54, 1.807) is 12.3 Å². The summed E-state index contributed by atoms with van der Waals surface area (Å²) < 4.78 is 5.52. The first-order valence-corrected chi connectivity index (χ1v) is 9.76. The molecule has 0 saturated carbocycles. The second kappa shape index (κ2) is 8.39. The van der Waals surface area contributed by atoms with Crippen molar-refractivity contribution in [2.75, 3.05) is 36.5 Å². The number of benzene rings is 1. The van der Waals surface area contributed by atoms with Crippen LogP contribution in [0.3, 0.4) is 0 Å². The highest BCUT2D eigenvalue weighted by atomic mass is 16.5. The average molecular weight is 366 g/mol. The van der Waals surface area contributed by atoms with Crippen molar-refractivity contribution in [1.82, 2.24) is 10.3 Å². The summed E-state index contributed by atoms with van der Waals surface area (Å²) in [6, 6.07) is 12.0. The molecule has 0 bridgehead atoms. The Balaban J connectivity index is 1.31. The Morgan fingerprint density at radius 2 is 1.93 bits per heavy atom. The Morgan fingerprint density at radius 3 is 2.59 bits per heavy atom. The summed E-state index contributed by atoms with van der Waals surface area (Å²) in [5, 5.41) is 6.20. The summed E-state index contributed by atoms with van der Waals surface area (Å²) in [4.78, 5) is 19.0. The normalized spacial score (nSPS) is 19.3. The van der Waals surface area contributed by atoms with E-state index >= 15 is 0 Å². The lowest BCUT2D eigenvalue weighted by atomic mass is 10.2. The fourth-order valence-corrected chi connectivity index (χ4v) is 3.59. The van der Waals surface area contributed by atoms with Gasteiger partial charge in [-0.15, -0.1) is 0 Å². The zero-order valence-electron chi connectivity index (χ0n) is 15.5. The van der Waals surface area contributed by atoms with E-state index in [-0.39, 0.29) is 12.0 Å². The molecule has 2 aliphatic heterocycles. The van der Waals surface area contributed by atoms with Gasteiger partial charge in [0.2, 0.25) is 0 Å². The number of hydrogen-bond donors (Lipinski definition) is 2. The minimum atomic E-state index is -0.112. The molecule has 6 heteroatoms. The largest absolute Gasteiger partial charge is 0.376 e. The monoisotopic (exact) mass is 366 g/mol. The van der Waals surface area contributed by atoms with Crippen molar-refractivity contribution in [3.05, 3.63) is 48.2 Å². The molecular weight excluding hydrogens is 340 g/mol. The first-order valence-electron chi connectivity index (χ1n) is 9.76. The molecule has 2 aromatic rings. The van der Waals surface area contributed by atoms with Crippen LogP contribution in [-0.2, 0) is 4.74 Å². The number of nitrogens with zero attached hydrogens (tertiary/aromatic N) is 2. The zero-order valence-corrected chi connectivity index (χ0v) is 15.5. The van der Waals surface area contributed by atoms with Crippen molar-refractivity contribution in [2.24, 2.45) is 0 Å². The third-order valence-electron chi connectivity index (χ3n) is 5.15. The van der Waals surface area contributed by atoms with Gasteiger partial charge in [0.15, 0.2) is 0 Å². The summed E-state index contributed by atoms with van der Waals surface area (Å²) in [6.45, 7) is 3.64. The van der Waals surface area contributed by atoms with E-state index in [9.17, 15) is 4.79 Å². The quantitative estimate of drug-likeness (QED) is 0.821. The highest BCUT2D eigenvalue weighted by Crippen LogP contribution is 2.23. The first-order chi connectivity index (χ1) is 13.3. The number of amides is 1. The lowest BCUT2D eigenvalue weighted by Gasteiger charge is -2.17. The van der Waals surface area contributed by atoms with Crippen LogP contribution in [0, 0.1) is 0 Å². The predicted octanol–water partition coefficient (Wildman–Crippen LogP) is 3.33. The summed E-state index contributed by atoms with van der Waals surface area (Å²) in [6.07, 6.45) is 6.38. The minimum absolute atomic E-state index is 0.112. The maximum Gasteiger partial charge on any atom is 0.252 e. The molecule has 2 saturated heterocycles. The van der Waals surface area contributed by atoms with E-state index in [2.05, 4.69) is 44.8 Å². The number of carbonyl (C=O) groups is 1. The second-order valence-electron chi connectivity index (χ2n) is 7.14. The van der Waals surface area contributed by atoms with Crippen LogP contribution in [-0.4, -0.2) is 43.2 Å². The van der Waals surface area contributed by atoms with Gasteiger partial charge in [-0.1, -0.05) is 0 Å². The van der Waals surface area contributed by atoms with Crippen LogP contribution in [0.2, 0.25) is 0 Å². The molecule has 142 valence electrons. The Labute approximate surface area is 159 Å². The minimum Gasteiger partial charge on any atom is -0.376 e. The maximum atomic E-state index is 12.2. The predicted molar refractivity (Wildman–Crippen MR) is 107 cm³/mol. The molecule has 2 N–H and O–H groups in total. The molecule has 1 amide bonds. The molecule has 2 aliphatic rings. The summed E-state index contributed by atoms with van der Waals surface area (Å²) in [5.41, 5.74) is 2.81. The summed E-state index contributed by atoms with van der Waals surface area (Å²) in [7, 11) is 0. The Morgan fingerprint density at radius 1 is 1.11 bits per heavy atom. The van der Waals surface area contributed by atoms with Gasteiger partial charge < -0.3 is 20.3 Å². The second-order valence-corrected chi connectivity index (χ2v) is 7.14. The maximum absolute atomic E-state index is 12.2. The third kappa shape index (κ3) is 4.57. The van der Waals surface area contributed by atoms with Crippen molar-refractivity contribution < 1.29 is 9.53 Å². The fourth-order valence-electron chi connectivity index (χ4n) is 3.59. The van der Waals surface area contributed by atoms with Crippen LogP contribution in [0.25, 0.3) is 0 Å². The molecule has 1 unspecified atom stereocenters. The van der Waals surface area contributed by atoms with E-state index in [1.165, 1.54) is 18.5 Å². The fraction of sp³-hybridized carbons (Fsp3) is 0.429. The molecule has 0 aliphatic carbocycles.